The molecule has 3 atom stereocenters. The molecule has 1 fully saturated rings. The minimum atomic E-state index is -3.87. The highest BCUT2D eigenvalue weighted by Gasteiger charge is 2.34. The van der Waals surface area contributed by atoms with E-state index >= 15 is 0 Å². The van der Waals surface area contributed by atoms with Crippen LogP contribution in [0.4, 0.5) is 5.69 Å². The Morgan fingerprint density at radius 2 is 2.00 bits per heavy atom. The summed E-state index contributed by atoms with van der Waals surface area (Å²) in [5.41, 5.74) is 1.18. The smallest absolute Gasteiger partial charge is 0.261 e. The first kappa shape index (κ1) is 30.0. The number of hydrogen-bond donors (Lipinski definition) is 2. The predicted octanol–water partition coefficient (Wildman–Crippen LogP) is 2.41. The maximum absolute atomic E-state index is 13.4. The molecule has 1 aliphatic heterocycles. The van der Waals surface area contributed by atoms with Gasteiger partial charge in [-0.1, -0.05) is 26.2 Å². The van der Waals surface area contributed by atoms with Crippen molar-refractivity contribution >= 4 is 27.5 Å². The van der Waals surface area contributed by atoms with Gasteiger partial charge in [0.25, 0.3) is 10.0 Å². The van der Waals surface area contributed by atoms with E-state index in [0.717, 1.165) is 32.1 Å². The first-order valence-corrected chi connectivity index (χ1v) is 15.4. The van der Waals surface area contributed by atoms with Gasteiger partial charge in [0.1, 0.15) is 11.9 Å². The molecule has 2 amide bonds. The SMILES string of the molecule is C[C@H]1CN([C@@H](C)CO)C(=O)Cc2cc(NC(=O)C3CCCCC3)ccc2O[C@@H]1CN(C)S(=O)(=O)c1cn(C)cn1. The number of ether oxygens (including phenoxy) is 1. The van der Waals surface area contributed by atoms with Gasteiger partial charge in [-0.05, 0) is 38.0 Å². The summed E-state index contributed by atoms with van der Waals surface area (Å²) < 4.78 is 35.6. The molecule has 0 spiro atoms. The van der Waals surface area contributed by atoms with Crippen molar-refractivity contribution in [3.05, 3.63) is 36.3 Å². The predicted molar refractivity (Wildman–Crippen MR) is 150 cm³/mol. The topological polar surface area (TPSA) is 134 Å². The Hall–Kier alpha value is -2.96. The van der Waals surface area contributed by atoms with E-state index < -0.39 is 22.2 Å². The number of rotatable bonds is 8. The molecule has 1 aromatic heterocycles. The van der Waals surface area contributed by atoms with E-state index in [0.29, 0.717) is 17.0 Å². The third-order valence-electron chi connectivity index (χ3n) is 7.95. The Balaban J connectivity index is 1.62. The lowest BCUT2D eigenvalue weighted by Gasteiger charge is -2.33. The molecule has 0 unspecified atom stereocenters. The highest BCUT2D eigenvalue weighted by molar-refractivity contribution is 7.89. The lowest BCUT2D eigenvalue weighted by Crippen LogP contribution is -2.48. The second-order valence-corrected chi connectivity index (χ2v) is 13.2. The molecule has 1 aromatic carbocycles. The van der Waals surface area contributed by atoms with Gasteiger partial charge in [0.05, 0.1) is 31.9 Å². The van der Waals surface area contributed by atoms with Crippen molar-refractivity contribution in [1.82, 2.24) is 18.8 Å². The highest BCUT2D eigenvalue weighted by Crippen LogP contribution is 2.31. The zero-order valence-corrected chi connectivity index (χ0v) is 24.6. The minimum Gasteiger partial charge on any atom is -0.488 e. The molecular weight excluding hydrogens is 534 g/mol. The number of aliphatic hydroxyl groups is 1. The lowest BCUT2D eigenvalue weighted by molar-refractivity contribution is -0.134. The number of aromatic nitrogens is 2. The van der Waals surface area contributed by atoms with Gasteiger partial charge in [-0.15, -0.1) is 0 Å². The van der Waals surface area contributed by atoms with Crippen molar-refractivity contribution in [1.29, 1.82) is 0 Å². The van der Waals surface area contributed by atoms with Crippen LogP contribution in [-0.4, -0.2) is 83.0 Å². The molecule has 12 heteroatoms. The Morgan fingerprint density at radius 1 is 1.27 bits per heavy atom. The number of nitrogens with one attached hydrogen (secondary N) is 1. The van der Waals surface area contributed by atoms with E-state index in [1.165, 1.54) is 23.9 Å². The Bertz CT molecular complexity index is 1310. The summed E-state index contributed by atoms with van der Waals surface area (Å²) in [6.45, 7) is 3.78. The van der Waals surface area contributed by atoms with Crippen LogP contribution in [0, 0.1) is 11.8 Å². The summed E-state index contributed by atoms with van der Waals surface area (Å²) in [7, 11) is -0.688. The molecule has 11 nitrogen and oxygen atoms in total. The molecule has 0 radical (unpaired) electrons. The Labute approximate surface area is 236 Å². The Kier molecular flexibility index (Phi) is 9.52. The fourth-order valence-corrected chi connectivity index (χ4v) is 6.51. The lowest BCUT2D eigenvalue weighted by atomic mass is 9.88. The normalized spacial score (nSPS) is 21.6. The van der Waals surface area contributed by atoms with Crippen LogP contribution >= 0.6 is 0 Å². The minimum absolute atomic E-state index is 0.0143. The number of benzene rings is 1. The van der Waals surface area contributed by atoms with Gasteiger partial charge in [0.2, 0.25) is 11.8 Å². The van der Waals surface area contributed by atoms with Gasteiger partial charge in [0, 0.05) is 49.9 Å². The number of carbonyl (C=O) groups is 2. The van der Waals surface area contributed by atoms with Crippen LogP contribution in [0.3, 0.4) is 0 Å². The van der Waals surface area contributed by atoms with Crippen LogP contribution in [0.25, 0.3) is 0 Å². The molecular formula is C28H41N5O6S. The highest BCUT2D eigenvalue weighted by atomic mass is 32.2. The second kappa shape index (κ2) is 12.7. The zero-order chi connectivity index (χ0) is 29.0. The van der Waals surface area contributed by atoms with Gasteiger partial charge in [-0.2, -0.15) is 4.31 Å². The number of likely N-dealkylation sites (N-methyl/N-ethyl adjacent to an activating group) is 1. The number of hydrogen-bond acceptors (Lipinski definition) is 7. The molecule has 2 aromatic rings. The third-order valence-corrected chi connectivity index (χ3v) is 9.66. The second-order valence-electron chi connectivity index (χ2n) is 11.2. The number of amides is 2. The molecule has 1 aliphatic carbocycles. The van der Waals surface area contributed by atoms with Crippen LogP contribution in [0.15, 0.2) is 35.7 Å². The average molecular weight is 576 g/mol. The van der Waals surface area contributed by atoms with Crippen molar-refractivity contribution in [2.24, 2.45) is 18.9 Å². The fraction of sp³-hybridized carbons (Fsp3) is 0.607. The van der Waals surface area contributed by atoms with Gasteiger partial charge in [-0.3, -0.25) is 9.59 Å². The van der Waals surface area contributed by atoms with E-state index in [2.05, 4.69) is 10.3 Å². The van der Waals surface area contributed by atoms with Crippen LogP contribution in [0.1, 0.15) is 51.5 Å². The van der Waals surface area contributed by atoms with Crippen LogP contribution in [0.5, 0.6) is 5.75 Å². The largest absolute Gasteiger partial charge is 0.488 e. The molecule has 0 bridgehead atoms. The summed E-state index contributed by atoms with van der Waals surface area (Å²) in [5, 5.41) is 12.8. The first-order chi connectivity index (χ1) is 19.0. The standard InChI is InChI=1S/C28H41N5O6S/c1-19-14-33(20(2)17-34)27(35)13-22-12-23(30-28(36)21-8-6-5-7-9-21)10-11-24(22)39-25(19)15-32(4)40(37,38)26-16-31(3)18-29-26/h10-12,16,18-21,25,34H,5-9,13-15,17H2,1-4H3,(H,30,36)/t19-,20-,25+/m0/s1. The molecule has 2 N–H and O–H groups in total. The number of fused-ring (bicyclic) bond motifs is 1. The van der Waals surface area contributed by atoms with E-state index in [1.54, 1.807) is 41.6 Å². The summed E-state index contributed by atoms with van der Waals surface area (Å²) >= 11 is 0. The van der Waals surface area contributed by atoms with Crippen molar-refractivity contribution in [3.63, 3.8) is 0 Å². The molecule has 1 saturated carbocycles. The molecule has 4 rings (SSSR count). The number of imidazole rings is 1. The van der Waals surface area contributed by atoms with Crippen LogP contribution in [0.2, 0.25) is 0 Å². The first-order valence-electron chi connectivity index (χ1n) is 13.9. The Morgan fingerprint density at radius 3 is 2.65 bits per heavy atom. The van der Waals surface area contributed by atoms with Gasteiger partial charge >= 0.3 is 0 Å². The van der Waals surface area contributed by atoms with Crippen molar-refractivity contribution in [2.75, 3.05) is 32.1 Å². The summed E-state index contributed by atoms with van der Waals surface area (Å²) in [6.07, 6.45) is 7.30. The van der Waals surface area contributed by atoms with E-state index in [1.807, 2.05) is 6.92 Å². The van der Waals surface area contributed by atoms with Gasteiger partial charge in [0.15, 0.2) is 5.03 Å². The number of aliphatic hydroxyl groups excluding tert-OH is 1. The van der Waals surface area contributed by atoms with Gasteiger partial charge in [-0.25, -0.2) is 13.4 Å². The van der Waals surface area contributed by atoms with E-state index in [-0.39, 0.29) is 54.8 Å². The third kappa shape index (κ3) is 6.84. The summed E-state index contributed by atoms with van der Waals surface area (Å²) in [4.78, 5) is 31.9. The van der Waals surface area contributed by atoms with Crippen molar-refractivity contribution in [2.45, 2.75) is 69.5 Å². The molecule has 2 aliphatic rings. The molecule has 0 saturated heterocycles. The van der Waals surface area contributed by atoms with E-state index in [4.69, 9.17) is 4.74 Å². The van der Waals surface area contributed by atoms with E-state index in [9.17, 15) is 23.1 Å². The number of nitrogens with zero attached hydrogens (tertiary/aromatic N) is 4. The average Bonchev–Trinajstić information content (AvgIpc) is 3.40. The quantitative estimate of drug-likeness (QED) is 0.494. The number of sulfonamides is 1. The van der Waals surface area contributed by atoms with Crippen LogP contribution < -0.4 is 10.1 Å². The van der Waals surface area contributed by atoms with Crippen molar-refractivity contribution < 1.29 is 27.9 Å². The summed E-state index contributed by atoms with van der Waals surface area (Å²) in [6, 6.07) is 4.82. The molecule has 40 heavy (non-hydrogen) atoms. The zero-order valence-electron chi connectivity index (χ0n) is 23.7. The maximum Gasteiger partial charge on any atom is 0.261 e. The number of aryl methyl sites for hydroxylation is 1. The summed E-state index contributed by atoms with van der Waals surface area (Å²) in [5.74, 6) is -0.0130. The number of carbonyl (C=O) groups excluding carboxylic acids is 2. The maximum atomic E-state index is 13.4. The fourth-order valence-electron chi connectivity index (χ4n) is 5.37. The molecule has 2 heterocycles. The molecule has 220 valence electrons. The van der Waals surface area contributed by atoms with Crippen LogP contribution in [-0.2, 0) is 33.1 Å². The van der Waals surface area contributed by atoms with Gasteiger partial charge < -0.3 is 24.6 Å². The van der Waals surface area contributed by atoms with Crippen molar-refractivity contribution in [3.8, 4) is 5.75 Å². The monoisotopic (exact) mass is 575 g/mol. The number of anilines is 1.